The lowest BCUT2D eigenvalue weighted by molar-refractivity contribution is -0.117. The first-order chi connectivity index (χ1) is 18.4. The molecule has 0 fully saturated rings. The van der Waals surface area contributed by atoms with Gasteiger partial charge in [0.25, 0.3) is 11.8 Å². The number of hydrogen-bond donors (Lipinski definition) is 2. The van der Waals surface area contributed by atoms with Crippen molar-refractivity contribution in [3.8, 4) is 16.9 Å². The molecule has 0 radical (unpaired) electrons. The molecule has 0 saturated carbocycles. The van der Waals surface area contributed by atoms with Crippen molar-refractivity contribution in [2.75, 3.05) is 27.2 Å². The van der Waals surface area contributed by atoms with Crippen LogP contribution in [-0.2, 0) is 4.79 Å². The van der Waals surface area contributed by atoms with Gasteiger partial charge >= 0.3 is 0 Å². The second-order valence-corrected chi connectivity index (χ2v) is 9.93. The third kappa shape index (κ3) is 7.27. The molecule has 4 rings (SSSR count). The number of carbonyl (C=O) groups excluding carboxylic acids is 2. The molecule has 0 aliphatic heterocycles. The number of aromatic nitrogens is 2. The van der Waals surface area contributed by atoms with Crippen LogP contribution in [0.5, 0.6) is 0 Å². The van der Waals surface area contributed by atoms with Crippen LogP contribution >= 0.6 is 15.9 Å². The van der Waals surface area contributed by atoms with E-state index >= 15 is 0 Å². The quantitative estimate of drug-likeness (QED) is 0.204. The standard InChI is InChI=1S/C30H30BrN5O2/c1-35(2)19-9-18-32-30(38)27(33-29(37)23-10-5-3-6-11-23)20-24-21-36(26-12-7-4-8-13-26)34-28(24)22-14-16-25(31)17-15-22/h3-8,10-17,20-21H,9,18-19H2,1-2H3,(H,32,38)(H,33,37)/b27-20+. The number of nitrogens with one attached hydrogen (secondary N) is 2. The molecule has 2 amide bonds. The van der Waals surface area contributed by atoms with Crippen LogP contribution < -0.4 is 10.6 Å². The molecular formula is C30H30BrN5O2. The van der Waals surface area contributed by atoms with Crippen molar-refractivity contribution in [3.63, 3.8) is 0 Å². The summed E-state index contributed by atoms with van der Waals surface area (Å²) in [6.45, 7) is 1.33. The van der Waals surface area contributed by atoms with E-state index in [-0.39, 0.29) is 17.5 Å². The lowest BCUT2D eigenvalue weighted by Gasteiger charge is -2.13. The summed E-state index contributed by atoms with van der Waals surface area (Å²) < 4.78 is 2.73. The molecular weight excluding hydrogens is 542 g/mol. The van der Waals surface area contributed by atoms with Gasteiger partial charge in [0.1, 0.15) is 11.4 Å². The van der Waals surface area contributed by atoms with E-state index in [4.69, 9.17) is 5.10 Å². The molecule has 0 spiro atoms. The summed E-state index contributed by atoms with van der Waals surface area (Å²) in [6.07, 6.45) is 4.33. The largest absolute Gasteiger partial charge is 0.351 e. The second-order valence-electron chi connectivity index (χ2n) is 9.01. The zero-order valence-electron chi connectivity index (χ0n) is 21.4. The van der Waals surface area contributed by atoms with Crippen molar-refractivity contribution in [1.82, 2.24) is 25.3 Å². The number of hydrogen-bond acceptors (Lipinski definition) is 4. The number of benzene rings is 3. The van der Waals surface area contributed by atoms with Crippen molar-refractivity contribution in [3.05, 3.63) is 112 Å². The highest BCUT2D eigenvalue weighted by Gasteiger charge is 2.18. The van der Waals surface area contributed by atoms with Crippen molar-refractivity contribution < 1.29 is 9.59 Å². The minimum Gasteiger partial charge on any atom is -0.351 e. The summed E-state index contributed by atoms with van der Waals surface area (Å²) in [4.78, 5) is 28.4. The third-order valence-electron chi connectivity index (χ3n) is 5.78. The van der Waals surface area contributed by atoms with E-state index in [1.54, 1.807) is 35.0 Å². The minimum absolute atomic E-state index is 0.148. The van der Waals surface area contributed by atoms with Crippen LogP contribution in [0.15, 0.2) is 101 Å². The smallest absolute Gasteiger partial charge is 0.267 e. The fourth-order valence-corrected chi connectivity index (χ4v) is 4.09. The van der Waals surface area contributed by atoms with Gasteiger partial charge in [-0.25, -0.2) is 4.68 Å². The van der Waals surface area contributed by atoms with Crippen LogP contribution in [0.1, 0.15) is 22.3 Å². The number of rotatable bonds is 10. The molecule has 0 bridgehead atoms. The topological polar surface area (TPSA) is 79.3 Å². The van der Waals surface area contributed by atoms with E-state index in [9.17, 15) is 9.59 Å². The summed E-state index contributed by atoms with van der Waals surface area (Å²) in [5.41, 5.74) is 3.76. The molecule has 0 saturated heterocycles. The second kappa shape index (κ2) is 13.0. The summed E-state index contributed by atoms with van der Waals surface area (Å²) in [5, 5.41) is 10.6. The highest BCUT2D eigenvalue weighted by molar-refractivity contribution is 9.10. The van der Waals surface area contributed by atoms with Crippen LogP contribution in [-0.4, -0.2) is 53.7 Å². The Bertz CT molecular complexity index is 1400. The van der Waals surface area contributed by atoms with E-state index in [2.05, 4.69) is 31.5 Å². The van der Waals surface area contributed by atoms with Crippen LogP contribution in [0.3, 0.4) is 0 Å². The molecule has 4 aromatic rings. The van der Waals surface area contributed by atoms with Crippen molar-refractivity contribution in [2.45, 2.75) is 6.42 Å². The van der Waals surface area contributed by atoms with Crippen molar-refractivity contribution in [1.29, 1.82) is 0 Å². The number of para-hydroxylation sites is 1. The molecule has 2 N–H and O–H groups in total. The Kier molecular flexibility index (Phi) is 9.24. The Labute approximate surface area is 231 Å². The minimum atomic E-state index is -0.360. The lowest BCUT2D eigenvalue weighted by Crippen LogP contribution is -2.36. The molecule has 0 atom stereocenters. The van der Waals surface area contributed by atoms with Crippen LogP contribution in [0.25, 0.3) is 23.0 Å². The van der Waals surface area contributed by atoms with Gasteiger partial charge in [0.05, 0.1) is 5.69 Å². The molecule has 7 nitrogen and oxygen atoms in total. The number of halogens is 1. The Hall–Kier alpha value is -4.01. The molecule has 194 valence electrons. The average Bonchev–Trinajstić information content (AvgIpc) is 3.35. The van der Waals surface area contributed by atoms with Gasteiger partial charge in [0, 0.05) is 33.9 Å². The van der Waals surface area contributed by atoms with E-state index in [1.807, 2.05) is 81.0 Å². The van der Waals surface area contributed by atoms with Crippen molar-refractivity contribution >= 4 is 33.8 Å². The number of amides is 2. The fourth-order valence-electron chi connectivity index (χ4n) is 3.83. The summed E-state index contributed by atoms with van der Waals surface area (Å²) in [5.74, 6) is -0.719. The monoisotopic (exact) mass is 571 g/mol. The van der Waals surface area contributed by atoms with Gasteiger partial charge in [-0.15, -0.1) is 0 Å². The summed E-state index contributed by atoms with van der Waals surface area (Å²) in [6, 6.07) is 26.4. The predicted molar refractivity (Wildman–Crippen MR) is 155 cm³/mol. The maximum atomic E-state index is 13.3. The van der Waals surface area contributed by atoms with Gasteiger partial charge in [0.2, 0.25) is 0 Å². The first-order valence-electron chi connectivity index (χ1n) is 12.3. The van der Waals surface area contributed by atoms with Crippen LogP contribution in [0.4, 0.5) is 0 Å². The first kappa shape index (κ1) is 27.0. The molecule has 0 aliphatic rings. The fraction of sp³-hybridized carbons (Fsp3) is 0.167. The van der Waals surface area contributed by atoms with E-state index < -0.39 is 0 Å². The molecule has 38 heavy (non-hydrogen) atoms. The maximum absolute atomic E-state index is 13.3. The average molecular weight is 573 g/mol. The Balaban J connectivity index is 1.73. The van der Waals surface area contributed by atoms with E-state index in [1.165, 1.54) is 0 Å². The molecule has 1 aromatic heterocycles. The Morgan fingerprint density at radius 1 is 0.947 bits per heavy atom. The number of carbonyl (C=O) groups is 2. The van der Waals surface area contributed by atoms with Crippen LogP contribution in [0.2, 0.25) is 0 Å². The van der Waals surface area contributed by atoms with E-state index in [0.29, 0.717) is 23.4 Å². The molecule has 1 heterocycles. The molecule has 3 aromatic carbocycles. The Morgan fingerprint density at radius 3 is 2.26 bits per heavy atom. The maximum Gasteiger partial charge on any atom is 0.267 e. The lowest BCUT2D eigenvalue weighted by atomic mass is 10.1. The van der Waals surface area contributed by atoms with Gasteiger partial charge < -0.3 is 15.5 Å². The van der Waals surface area contributed by atoms with Gasteiger partial charge in [-0.2, -0.15) is 5.10 Å². The SMILES string of the molecule is CN(C)CCCNC(=O)/C(=C\c1cn(-c2ccccc2)nc1-c1ccc(Br)cc1)NC(=O)c1ccccc1. The molecule has 0 unspecified atom stereocenters. The van der Waals surface area contributed by atoms with Crippen LogP contribution in [0, 0.1) is 0 Å². The summed E-state index contributed by atoms with van der Waals surface area (Å²) in [7, 11) is 3.97. The molecule has 0 aliphatic carbocycles. The van der Waals surface area contributed by atoms with Crippen molar-refractivity contribution in [2.24, 2.45) is 0 Å². The van der Waals surface area contributed by atoms with Gasteiger partial charge in [-0.3, -0.25) is 9.59 Å². The normalized spacial score (nSPS) is 11.4. The highest BCUT2D eigenvalue weighted by Crippen LogP contribution is 2.27. The van der Waals surface area contributed by atoms with Gasteiger partial charge in [-0.05, 0) is 69.5 Å². The summed E-state index contributed by atoms with van der Waals surface area (Å²) >= 11 is 3.48. The Morgan fingerprint density at radius 2 is 1.61 bits per heavy atom. The number of nitrogens with zero attached hydrogens (tertiary/aromatic N) is 3. The first-order valence-corrected chi connectivity index (χ1v) is 13.1. The van der Waals surface area contributed by atoms with E-state index in [0.717, 1.165) is 28.7 Å². The van der Waals surface area contributed by atoms with Gasteiger partial charge in [0.15, 0.2) is 0 Å². The highest BCUT2D eigenvalue weighted by atomic mass is 79.9. The molecule has 8 heteroatoms. The zero-order chi connectivity index (χ0) is 26.9. The third-order valence-corrected chi connectivity index (χ3v) is 6.31. The predicted octanol–water partition coefficient (Wildman–Crippen LogP) is 5.14. The van der Waals surface area contributed by atoms with Gasteiger partial charge in [-0.1, -0.05) is 64.5 Å². The zero-order valence-corrected chi connectivity index (χ0v) is 23.0.